The zero-order valence-electron chi connectivity index (χ0n) is 10.7. The highest BCUT2D eigenvalue weighted by atomic mass is 16.3. The number of anilines is 1. The molecule has 0 saturated carbocycles. The number of aromatic nitrogens is 1. The van der Waals surface area contributed by atoms with Gasteiger partial charge in [0, 0.05) is 12.7 Å². The summed E-state index contributed by atoms with van der Waals surface area (Å²) in [5.41, 5.74) is 3.65. The van der Waals surface area contributed by atoms with Crippen LogP contribution in [0.2, 0.25) is 0 Å². The second-order valence-corrected chi connectivity index (χ2v) is 4.38. The van der Waals surface area contributed by atoms with Gasteiger partial charge < -0.3 is 9.84 Å². The lowest BCUT2D eigenvalue weighted by Gasteiger charge is -2.15. The molecule has 5 nitrogen and oxygen atoms in total. The van der Waals surface area contributed by atoms with Crippen molar-refractivity contribution in [2.45, 2.75) is 20.0 Å². The van der Waals surface area contributed by atoms with E-state index in [4.69, 9.17) is 10.3 Å². The fourth-order valence-electron chi connectivity index (χ4n) is 1.81. The van der Waals surface area contributed by atoms with Gasteiger partial charge in [-0.1, -0.05) is 6.07 Å². The van der Waals surface area contributed by atoms with Crippen molar-refractivity contribution >= 4 is 5.82 Å². The maximum Gasteiger partial charge on any atom is 0.139 e. The number of hydrazine groups is 1. The number of aryl methyl sites for hydroxylation is 1. The summed E-state index contributed by atoms with van der Waals surface area (Å²) in [4.78, 5) is 6.35. The second kappa shape index (κ2) is 5.66. The number of pyridine rings is 1. The summed E-state index contributed by atoms with van der Waals surface area (Å²) in [6, 6.07) is 7.85. The Morgan fingerprint density at radius 2 is 2.11 bits per heavy atom. The van der Waals surface area contributed by atoms with Crippen molar-refractivity contribution < 1.29 is 4.42 Å². The van der Waals surface area contributed by atoms with Crippen LogP contribution in [0, 0.1) is 6.92 Å². The van der Waals surface area contributed by atoms with Gasteiger partial charge in [-0.25, -0.2) is 10.8 Å². The third kappa shape index (κ3) is 3.32. The first-order valence-electron chi connectivity index (χ1n) is 5.83. The molecule has 0 aliphatic carbocycles. The molecule has 2 aromatic rings. The smallest absolute Gasteiger partial charge is 0.139 e. The van der Waals surface area contributed by atoms with E-state index in [9.17, 15) is 0 Å². The molecule has 0 radical (unpaired) electrons. The molecule has 2 rings (SSSR count). The molecule has 5 heteroatoms. The maximum absolute atomic E-state index is 5.54. The van der Waals surface area contributed by atoms with Gasteiger partial charge in [-0.3, -0.25) is 4.90 Å². The number of nitrogens with zero attached hydrogens (tertiary/aromatic N) is 2. The molecular weight excluding hydrogens is 228 g/mol. The minimum atomic E-state index is 0.670. The van der Waals surface area contributed by atoms with E-state index in [2.05, 4.69) is 15.3 Å². The van der Waals surface area contributed by atoms with E-state index >= 15 is 0 Å². The van der Waals surface area contributed by atoms with E-state index in [1.807, 2.05) is 44.4 Å². The first kappa shape index (κ1) is 12.6. The normalized spacial score (nSPS) is 10.9. The van der Waals surface area contributed by atoms with Gasteiger partial charge in [-0.2, -0.15) is 0 Å². The molecule has 0 spiro atoms. The fourth-order valence-corrected chi connectivity index (χ4v) is 1.81. The molecule has 0 fully saturated rings. The van der Waals surface area contributed by atoms with Crippen molar-refractivity contribution in [3.05, 3.63) is 47.5 Å². The molecule has 0 saturated heterocycles. The van der Waals surface area contributed by atoms with Crippen LogP contribution in [0.15, 0.2) is 34.9 Å². The van der Waals surface area contributed by atoms with Crippen LogP contribution in [0.4, 0.5) is 5.82 Å². The summed E-state index contributed by atoms with van der Waals surface area (Å²) in [7, 11) is 2.05. The molecule has 2 heterocycles. The van der Waals surface area contributed by atoms with Crippen LogP contribution >= 0.6 is 0 Å². The van der Waals surface area contributed by atoms with Gasteiger partial charge >= 0.3 is 0 Å². The predicted octanol–water partition coefficient (Wildman–Crippen LogP) is 1.90. The molecule has 96 valence electrons. The molecule has 0 bridgehead atoms. The molecule has 18 heavy (non-hydrogen) atoms. The van der Waals surface area contributed by atoms with Gasteiger partial charge in [0.15, 0.2) is 0 Å². The average Bonchev–Trinajstić information content (AvgIpc) is 2.75. The summed E-state index contributed by atoms with van der Waals surface area (Å²) in [5, 5.41) is 0. The zero-order valence-corrected chi connectivity index (χ0v) is 10.7. The first-order valence-corrected chi connectivity index (χ1v) is 5.83. The Morgan fingerprint density at radius 1 is 1.28 bits per heavy atom. The second-order valence-electron chi connectivity index (χ2n) is 4.38. The van der Waals surface area contributed by atoms with Gasteiger partial charge in [-0.15, -0.1) is 0 Å². The first-order chi connectivity index (χ1) is 8.67. The van der Waals surface area contributed by atoms with Crippen LogP contribution < -0.4 is 11.3 Å². The minimum Gasteiger partial charge on any atom is -0.465 e. The van der Waals surface area contributed by atoms with Crippen molar-refractivity contribution in [1.29, 1.82) is 0 Å². The monoisotopic (exact) mass is 246 g/mol. The van der Waals surface area contributed by atoms with Crippen LogP contribution in [-0.4, -0.2) is 16.9 Å². The van der Waals surface area contributed by atoms with E-state index < -0.39 is 0 Å². The Labute approximate surface area is 107 Å². The lowest BCUT2D eigenvalue weighted by Crippen LogP contribution is -2.17. The van der Waals surface area contributed by atoms with Gasteiger partial charge in [0.05, 0.1) is 6.54 Å². The van der Waals surface area contributed by atoms with Crippen LogP contribution in [0.1, 0.15) is 17.1 Å². The highest BCUT2D eigenvalue weighted by Crippen LogP contribution is 2.11. The van der Waals surface area contributed by atoms with Crippen LogP contribution in [0.5, 0.6) is 0 Å². The molecule has 0 aromatic carbocycles. The number of nitrogen functional groups attached to an aromatic ring is 1. The Kier molecular flexibility index (Phi) is 3.96. The average molecular weight is 246 g/mol. The Hall–Kier alpha value is -1.85. The fraction of sp³-hybridized carbons (Fsp3) is 0.308. The quantitative estimate of drug-likeness (QED) is 0.623. The lowest BCUT2D eigenvalue weighted by molar-refractivity contribution is 0.285. The SMILES string of the molecule is Cc1ccc(CN(C)Cc2ccc(NN)nc2)o1. The molecule has 0 amide bonds. The number of hydrogen-bond acceptors (Lipinski definition) is 5. The van der Waals surface area contributed by atoms with Crippen molar-refractivity contribution in [1.82, 2.24) is 9.88 Å². The predicted molar refractivity (Wildman–Crippen MR) is 70.7 cm³/mol. The highest BCUT2D eigenvalue weighted by molar-refractivity contribution is 5.33. The Balaban J connectivity index is 1.91. The van der Waals surface area contributed by atoms with Crippen molar-refractivity contribution in [2.75, 3.05) is 12.5 Å². The minimum absolute atomic E-state index is 0.670. The molecule has 3 N–H and O–H groups in total. The topological polar surface area (TPSA) is 67.3 Å². The van der Waals surface area contributed by atoms with Crippen molar-refractivity contribution in [3.8, 4) is 0 Å². The summed E-state index contributed by atoms with van der Waals surface area (Å²) in [5.74, 6) is 7.86. The molecule has 0 unspecified atom stereocenters. The van der Waals surface area contributed by atoms with Gasteiger partial charge in [0.1, 0.15) is 17.3 Å². The third-order valence-corrected chi connectivity index (χ3v) is 2.65. The van der Waals surface area contributed by atoms with E-state index in [1.165, 1.54) is 0 Å². The number of nitrogens with one attached hydrogen (secondary N) is 1. The lowest BCUT2D eigenvalue weighted by atomic mass is 10.2. The molecule has 2 aromatic heterocycles. The van der Waals surface area contributed by atoms with Crippen LogP contribution in [0.25, 0.3) is 0 Å². The summed E-state index contributed by atoms with van der Waals surface area (Å²) >= 11 is 0. The molecule has 0 atom stereocenters. The van der Waals surface area contributed by atoms with E-state index in [0.717, 1.165) is 30.2 Å². The third-order valence-electron chi connectivity index (χ3n) is 2.65. The molecule has 0 aliphatic heterocycles. The number of rotatable bonds is 5. The number of hydrogen-bond donors (Lipinski definition) is 2. The van der Waals surface area contributed by atoms with E-state index in [0.29, 0.717) is 5.82 Å². The zero-order chi connectivity index (χ0) is 13.0. The van der Waals surface area contributed by atoms with Crippen LogP contribution in [0.3, 0.4) is 0 Å². The van der Waals surface area contributed by atoms with E-state index in [-0.39, 0.29) is 0 Å². The Bertz CT molecular complexity index is 492. The number of nitrogens with two attached hydrogens (primary N) is 1. The van der Waals surface area contributed by atoms with Crippen LogP contribution in [-0.2, 0) is 13.1 Å². The Morgan fingerprint density at radius 3 is 2.67 bits per heavy atom. The molecule has 0 aliphatic rings. The van der Waals surface area contributed by atoms with E-state index in [1.54, 1.807) is 0 Å². The largest absolute Gasteiger partial charge is 0.465 e. The van der Waals surface area contributed by atoms with Crippen molar-refractivity contribution in [3.63, 3.8) is 0 Å². The number of furan rings is 1. The highest BCUT2D eigenvalue weighted by Gasteiger charge is 2.05. The summed E-state index contributed by atoms with van der Waals surface area (Å²) in [6.07, 6.45) is 1.82. The molecular formula is C13H18N4O. The van der Waals surface area contributed by atoms with Gasteiger partial charge in [0.25, 0.3) is 0 Å². The summed E-state index contributed by atoms with van der Waals surface area (Å²) in [6.45, 7) is 3.55. The van der Waals surface area contributed by atoms with Crippen molar-refractivity contribution in [2.24, 2.45) is 5.84 Å². The standard InChI is InChI=1S/C13H18N4O/c1-10-3-5-12(18-10)9-17(2)8-11-4-6-13(16-14)15-7-11/h3-7H,8-9,14H2,1-2H3,(H,15,16). The maximum atomic E-state index is 5.54. The van der Waals surface area contributed by atoms with Gasteiger partial charge in [-0.05, 0) is 37.7 Å². The van der Waals surface area contributed by atoms with Gasteiger partial charge in [0.2, 0.25) is 0 Å². The summed E-state index contributed by atoms with van der Waals surface area (Å²) < 4.78 is 5.54.